The molecule has 3 N–H and O–H groups in total. The minimum atomic E-state index is 0.236. The minimum absolute atomic E-state index is 0.236. The van der Waals surface area contributed by atoms with Crippen LogP contribution >= 0.6 is 11.6 Å². The molecule has 0 aliphatic rings. The molecule has 0 atom stereocenters. The van der Waals surface area contributed by atoms with Gasteiger partial charge in [0.1, 0.15) is 5.75 Å². The molecular weight excluding hydrogens is 222 g/mol. The van der Waals surface area contributed by atoms with Gasteiger partial charge in [0, 0.05) is 17.1 Å². The summed E-state index contributed by atoms with van der Waals surface area (Å²) in [5.41, 5.74) is 8.19. The number of hydrogen-bond acceptors (Lipinski definition) is 2. The molecule has 0 bridgehead atoms. The van der Waals surface area contributed by atoms with Crippen LogP contribution < -0.4 is 5.73 Å². The SMILES string of the molecule is NCc1ccc(O)c(-c2cccc(Cl)c2)c1. The molecule has 0 radical (unpaired) electrons. The van der Waals surface area contributed by atoms with Crippen molar-refractivity contribution in [3.05, 3.63) is 53.1 Å². The van der Waals surface area contributed by atoms with Gasteiger partial charge in [-0.25, -0.2) is 0 Å². The van der Waals surface area contributed by atoms with Crippen LogP contribution in [0.5, 0.6) is 5.75 Å². The van der Waals surface area contributed by atoms with E-state index in [1.54, 1.807) is 12.1 Å². The number of halogens is 1. The summed E-state index contributed by atoms with van der Waals surface area (Å²) in [6, 6.07) is 12.7. The lowest BCUT2D eigenvalue weighted by Crippen LogP contribution is -1.96. The van der Waals surface area contributed by atoms with Gasteiger partial charge in [-0.2, -0.15) is 0 Å². The second-order valence-electron chi connectivity index (χ2n) is 3.57. The molecule has 2 aromatic carbocycles. The van der Waals surface area contributed by atoms with Crippen molar-refractivity contribution in [1.29, 1.82) is 0 Å². The van der Waals surface area contributed by atoms with Crippen LogP contribution in [0.1, 0.15) is 5.56 Å². The molecule has 82 valence electrons. The Hall–Kier alpha value is -1.51. The van der Waals surface area contributed by atoms with Gasteiger partial charge in [0.2, 0.25) is 0 Å². The lowest BCUT2D eigenvalue weighted by molar-refractivity contribution is 0.477. The predicted molar refractivity (Wildman–Crippen MR) is 66.4 cm³/mol. The Labute approximate surface area is 99.3 Å². The molecule has 2 rings (SSSR count). The van der Waals surface area contributed by atoms with Crippen molar-refractivity contribution in [2.45, 2.75) is 6.54 Å². The van der Waals surface area contributed by atoms with Gasteiger partial charge in [-0.15, -0.1) is 0 Å². The molecule has 0 heterocycles. The van der Waals surface area contributed by atoms with Gasteiger partial charge in [-0.05, 0) is 35.4 Å². The van der Waals surface area contributed by atoms with Gasteiger partial charge < -0.3 is 10.8 Å². The molecule has 0 fully saturated rings. The molecule has 0 saturated heterocycles. The second-order valence-corrected chi connectivity index (χ2v) is 4.00. The fraction of sp³-hybridized carbons (Fsp3) is 0.0769. The molecule has 2 nitrogen and oxygen atoms in total. The van der Waals surface area contributed by atoms with Crippen molar-refractivity contribution in [2.75, 3.05) is 0 Å². The molecule has 0 saturated carbocycles. The Bertz CT molecular complexity index is 511. The first-order valence-corrected chi connectivity index (χ1v) is 5.36. The number of phenols is 1. The van der Waals surface area contributed by atoms with E-state index in [0.29, 0.717) is 11.6 Å². The topological polar surface area (TPSA) is 46.2 Å². The third-order valence-electron chi connectivity index (χ3n) is 2.43. The zero-order chi connectivity index (χ0) is 11.5. The highest BCUT2D eigenvalue weighted by Crippen LogP contribution is 2.31. The summed E-state index contributed by atoms with van der Waals surface area (Å²) in [7, 11) is 0. The Morgan fingerprint density at radius 3 is 2.62 bits per heavy atom. The first-order valence-electron chi connectivity index (χ1n) is 4.98. The van der Waals surface area contributed by atoms with E-state index < -0.39 is 0 Å². The lowest BCUT2D eigenvalue weighted by Gasteiger charge is -2.07. The largest absolute Gasteiger partial charge is 0.507 e. The van der Waals surface area contributed by atoms with Crippen LogP contribution in [0.15, 0.2) is 42.5 Å². The summed E-state index contributed by atoms with van der Waals surface area (Å²) < 4.78 is 0. The van der Waals surface area contributed by atoms with Crippen LogP contribution in [0.25, 0.3) is 11.1 Å². The highest BCUT2D eigenvalue weighted by atomic mass is 35.5. The van der Waals surface area contributed by atoms with Crippen molar-refractivity contribution in [3.63, 3.8) is 0 Å². The average molecular weight is 234 g/mol. The second kappa shape index (κ2) is 4.56. The number of rotatable bonds is 2. The van der Waals surface area contributed by atoms with Crippen LogP contribution in [0.2, 0.25) is 5.02 Å². The van der Waals surface area contributed by atoms with Crippen molar-refractivity contribution in [2.24, 2.45) is 5.73 Å². The van der Waals surface area contributed by atoms with Crippen molar-refractivity contribution < 1.29 is 5.11 Å². The Morgan fingerprint density at radius 1 is 1.12 bits per heavy atom. The molecule has 0 unspecified atom stereocenters. The van der Waals surface area contributed by atoms with Crippen LogP contribution in [0.4, 0.5) is 0 Å². The summed E-state index contributed by atoms with van der Waals surface area (Å²) in [6.45, 7) is 0.452. The monoisotopic (exact) mass is 233 g/mol. The van der Waals surface area contributed by atoms with Crippen molar-refractivity contribution >= 4 is 11.6 Å². The van der Waals surface area contributed by atoms with Crippen LogP contribution in [0.3, 0.4) is 0 Å². The van der Waals surface area contributed by atoms with E-state index in [9.17, 15) is 5.11 Å². The maximum atomic E-state index is 9.79. The summed E-state index contributed by atoms with van der Waals surface area (Å²) >= 11 is 5.91. The number of benzene rings is 2. The van der Waals surface area contributed by atoms with Crippen molar-refractivity contribution in [1.82, 2.24) is 0 Å². The van der Waals surface area contributed by atoms with Crippen molar-refractivity contribution in [3.8, 4) is 16.9 Å². The third kappa shape index (κ3) is 2.18. The van der Waals surface area contributed by atoms with E-state index in [0.717, 1.165) is 16.7 Å². The molecule has 0 aromatic heterocycles. The molecule has 0 aliphatic heterocycles. The van der Waals surface area contributed by atoms with E-state index in [2.05, 4.69) is 0 Å². The summed E-state index contributed by atoms with van der Waals surface area (Å²) in [6.07, 6.45) is 0. The first-order chi connectivity index (χ1) is 7.70. The van der Waals surface area contributed by atoms with Crippen LogP contribution in [0, 0.1) is 0 Å². The molecular formula is C13H12ClNO. The number of hydrogen-bond donors (Lipinski definition) is 2. The Balaban J connectivity index is 2.54. The third-order valence-corrected chi connectivity index (χ3v) is 2.67. The van der Waals surface area contributed by atoms with Gasteiger partial charge in [-0.1, -0.05) is 29.8 Å². The molecule has 0 spiro atoms. The molecule has 16 heavy (non-hydrogen) atoms. The highest BCUT2D eigenvalue weighted by Gasteiger charge is 2.05. The van der Waals surface area contributed by atoms with Gasteiger partial charge in [0.15, 0.2) is 0 Å². The lowest BCUT2D eigenvalue weighted by atomic mass is 10.0. The summed E-state index contributed by atoms with van der Waals surface area (Å²) in [5.74, 6) is 0.236. The Kier molecular flexibility index (Phi) is 3.13. The maximum Gasteiger partial charge on any atom is 0.123 e. The molecule has 3 heteroatoms. The number of nitrogens with two attached hydrogens (primary N) is 1. The van der Waals surface area contributed by atoms with Gasteiger partial charge >= 0.3 is 0 Å². The van der Waals surface area contributed by atoms with Gasteiger partial charge in [-0.3, -0.25) is 0 Å². The maximum absolute atomic E-state index is 9.79. The molecule has 0 amide bonds. The number of phenolic OH excluding ortho intramolecular Hbond substituents is 1. The first kappa shape index (κ1) is 11.0. The zero-order valence-corrected chi connectivity index (χ0v) is 9.41. The minimum Gasteiger partial charge on any atom is -0.507 e. The average Bonchev–Trinajstić information content (AvgIpc) is 2.30. The van der Waals surface area contributed by atoms with Crippen LogP contribution in [-0.4, -0.2) is 5.11 Å². The van der Waals surface area contributed by atoms with E-state index in [1.807, 2.05) is 30.3 Å². The van der Waals surface area contributed by atoms with Gasteiger partial charge in [0.05, 0.1) is 0 Å². The fourth-order valence-electron chi connectivity index (χ4n) is 1.60. The van der Waals surface area contributed by atoms with E-state index >= 15 is 0 Å². The quantitative estimate of drug-likeness (QED) is 0.837. The summed E-state index contributed by atoms with van der Waals surface area (Å²) in [4.78, 5) is 0. The smallest absolute Gasteiger partial charge is 0.123 e. The van der Waals surface area contributed by atoms with Crippen LogP contribution in [-0.2, 0) is 6.54 Å². The number of aromatic hydroxyl groups is 1. The highest BCUT2D eigenvalue weighted by molar-refractivity contribution is 6.30. The van der Waals surface area contributed by atoms with Gasteiger partial charge in [0.25, 0.3) is 0 Å². The predicted octanol–water partition coefficient (Wildman–Crippen LogP) is 3.17. The molecule has 2 aromatic rings. The normalized spacial score (nSPS) is 10.4. The fourth-order valence-corrected chi connectivity index (χ4v) is 1.79. The van der Waals surface area contributed by atoms with E-state index in [1.165, 1.54) is 0 Å². The zero-order valence-electron chi connectivity index (χ0n) is 8.65. The van der Waals surface area contributed by atoms with E-state index in [-0.39, 0.29) is 5.75 Å². The molecule has 0 aliphatic carbocycles. The van der Waals surface area contributed by atoms with E-state index in [4.69, 9.17) is 17.3 Å². The Morgan fingerprint density at radius 2 is 1.94 bits per heavy atom. The summed E-state index contributed by atoms with van der Waals surface area (Å²) in [5, 5.41) is 10.4. The standard InChI is InChI=1S/C13H12ClNO/c14-11-3-1-2-10(7-11)12-6-9(8-15)4-5-13(12)16/h1-7,16H,8,15H2.